The molecule has 6 aliphatic heterocycles. The highest BCUT2D eigenvalue weighted by atomic mass is 19.4. The van der Waals surface area contributed by atoms with Crippen molar-refractivity contribution < 1.29 is 37.1 Å². The second-order valence-electron chi connectivity index (χ2n) is 19.8. The van der Waals surface area contributed by atoms with E-state index in [2.05, 4.69) is 41.2 Å². The summed E-state index contributed by atoms with van der Waals surface area (Å²) in [5, 5.41) is 10.6. The molecule has 4 fully saturated rings. The third-order valence-electron chi connectivity index (χ3n) is 15.4. The average Bonchev–Trinajstić information content (AvgIpc) is 4.03. The van der Waals surface area contributed by atoms with E-state index in [4.69, 9.17) is 4.74 Å². The number of benzene rings is 3. The molecular formula is C51H61F3N10O5. The van der Waals surface area contributed by atoms with Gasteiger partial charge in [-0.1, -0.05) is 19.1 Å². The molecular weight excluding hydrogens is 890 g/mol. The fraction of sp³-hybridized carbons (Fsp3) is 0.529. The van der Waals surface area contributed by atoms with Gasteiger partial charge in [0.25, 0.3) is 11.8 Å². The smallest absolute Gasteiger partial charge is 0.377 e. The maximum atomic E-state index is 14.6. The van der Waals surface area contributed by atoms with Gasteiger partial charge < -0.3 is 28.9 Å². The Hall–Kier alpha value is -5.69. The number of imide groups is 1. The summed E-state index contributed by atoms with van der Waals surface area (Å²) in [6, 6.07) is 15.6. The van der Waals surface area contributed by atoms with Gasteiger partial charge in [0.15, 0.2) is 0 Å². The molecule has 3 aromatic carbocycles. The van der Waals surface area contributed by atoms with Crippen molar-refractivity contribution in [1.82, 2.24) is 39.7 Å². The number of hydrogen-bond donors (Lipinski definition) is 1. The third-order valence-corrected chi connectivity index (χ3v) is 15.4. The first-order chi connectivity index (χ1) is 33.2. The molecule has 69 heavy (non-hydrogen) atoms. The number of likely N-dealkylation sites (tertiary alicyclic amines) is 2. The molecule has 1 N–H and O–H groups in total. The number of carbonyl (C=O) groups excluding carboxylic acids is 4. The Balaban J connectivity index is 0.640. The molecule has 0 saturated carbocycles. The average molecular weight is 951 g/mol. The van der Waals surface area contributed by atoms with Crippen molar-refractivity contribution in [3.05, 3.63) is 106 Å². The minimum atomic E-state index is -4.60. The van der Waals surface area contributed by atoms with Crippen LogP contribution in [0.2, 0.25) is 0 Å². The number of amides is 4. The zero-order valence-corrected chi connectivity index (χ0v) is 39.4. The first-order valence-corrected chi connectivity index (χ1v) is 24.6. The Morgan fingerprint density at radius 1 is 0.797 bits per heavy atom. The van der Waals surface area contributed by atoms with Gasteiger partial charge in [-0.05, 0) is 116 Å². The SMILES string of the molecule is C[C@H](c1cccc(N2Cc3c(cc(CN4CCC(OCCN5CCC(CN6CCN(c7ccc8c(c7)CN([C@@H]7CCC(=O)NC7=O)C8=O)CC6)CC5)CC4)cc3C(F)(F)F)C2=O)c1)c1nncn1C. The Morgan fingerprint density at radius 3 is 2.29 bits per heavy atom. The minimum Gasteiger partial charge on any atom is -0.377 e. The summed E-state index contributed by atoms with van der Waals surface area (Å²) in [5.41, 5.74) is 3.98. The summed E-state index contributed by atoms with van der Waals surface area (Å²) in [5.74, 6) is 0.0121. The summed E-state index contributed by atoms with van der Waals surface area (Å²) in [6.45, 7) is 12.5. The van der Waals surface area contributed by atoms with Gasteiger partial charge in [-0.25, -0.2) is 0 Å². The predicted octanol–water partition coefficient (Wildman–Crippen LogP) is 5.42. The quantitative estimate of drug-likeness (QED) is 0.172. The largest absolute Gasteiger partial charge is 0.416 e. The molecule has 4 saturated heterocycles. The number of piperidine rings is 3. The highest BCUT2D eigenvalue weighted by molar-refractivity contribution is 6.10. The molecule has 1 aromatic heterocycles. The number of aromatic nitrogens is 3. The molecule has 4 aromatic rings. The Labute approximate surface area is 400 Å². The molecule has 0 bridgehead atoms. The monoisotopic (exact) mass is 950 g/mol. The molecule has 18 heteroatoms. The number of nitrogens with zero attached hydrogens (tertiary/aromatic N) is 9. The molecule has 6 aliphatic rings. The minimum absolute atomic E-state index is 0.0204. The van der Waals surface area contributed by atoms with E-state index < -0.39 is 29.6 Å². The van der Waals surface area contributed by atoms with E-state index in [0.29, 0.717) is 61.9 Å². The fourth-order valence-electron chi connectivity index (χ4n) is 11.4. The third kappa shape index (κ3) is 10.0. The van der Waals surface area contributed by atoms with Crippen LogP contribution < -0.4 is 15.1 Å². The lowest BCUT2D eigenvalue weighted by atomic mass is 9.96. The molecule has 0 aliphatic carbocycles. The van der Waals surface area contributed by atoms with Crippen LogP contribution in [0.1, 0.15) is 106 Å². The summed E-state index contributed by atoms with van der Waals surface area (Å²) in [7, 11) is 1.86. The molecule has 2 atom stereocenters. The number of ether oxygens (including phenoxy) is 1. The van der Waals surface area contributed by atoms with Crippen LogP contribution in [-0.2, 0) is 47.2 Å². The van der Waals surface area contributed by atoms with Crippen LogP contribution in [0.15, 0.2) is 60.9 Å². The number of fused-ring (bicyclic) bond motifs is 2. The van der Waals surface area contributed by atoms with Crippen molar-refractivity contribution in [2.75, 3.05) is 81.9 Å². The summed E-state index contributed by atoms with van der Waals surface area (Å²) in [4.78, 5) is 63.8. The van der Waals surface area contributed by atoms with Gasteiger partial charge in [0.05, 0.1) is 24.8 Å². The van der Waals surface area contributed by atoms with Crippen molar-refractivity contribution in [2.24, 2.45) is 13.0 Å². The van der Waals surface area contributed by atoms with E-state index in [0.717, 1.165) is 101 Å². The van der Waals surface area contributed by atoms with Crippen LogP contribution >= 0.6 is 0 Å². The van der Waals surface area contributed by atoms with Gasteiger partial charge in [0.1, 0.15) is 18.2 Å². The van der Waals surface area contributed by atoms with Crippen molar-refractivity contribution in [2.45, 2.75) is 89.3 Å². The second kappa shape index (κ2) is 19.6. The second-order valence-corrected chi connectivity index (χ2v) is 19.8. The summed E-state index contributed by atoms with van der Waals surface area (Å²) >= 11 is 0. The molecule has 0 radical (unpaired) electrons. The maximum Gasteiger partial charge on any atom is 0.416 e. The first-order valence-electron chi connectivity index (χ1n) is 24.6. The number of hydrogen-bond acceptors (Lipinski definition) is 11. The number of nitrogens with one attached hydrogen (secondary N) is 1. The van der Waals surface area contributed by atoms with E-state index in [1.165, 1.54) is 11.0 Å². The number of piperazine rings is 1. The molecule has 0 spiro atoms. The zero-order chi connectivity index (χ0) is 48.0. The zero-order valence-electron chi connectivity index (χ0n) is 39.4. The van der Waals surface area contributed by atoms with Crippen molar-refractivity contribution in [3.63, 3.8) is 0 Å². The van der Waals surface area contributed by atoms with E-state index >= 15 is 0 Å². The lowest BCUT2D eigenvalue weighted by Gasteiger charge is -2.39. The Kier molecular flexibility index (Phi) is 13.4. The van der Waals surface area contributed by atoms with Gasteiger partial charge in [-0.3, -0.25) is 34.3 Å². The Bertz CT molecular complexity index is 2580. The molecule has 4 amide bonds. The number of anilines is 2. The van der Waals surface area contributed by atoms with E-state index in [9.17, 15) is 32.3 Å². The number of halogens is 3. The van der Waals surface area contributed by atoms with E-state index in [1.807, 2.05) is 48.9 Å². The molecule has 366 valence electrons. The topological polar surface area (TPSA) is 140 Å². The normalized spacial score (nSPS) is 21.9. The number of carbonyl (C=O) groups is 4. The molecule has 7 heterocycles. The van der Waals surface area contributed by atoms with Gasteiger partial charge in [-0.15, -0.1) is 10.2 Å². The number of alkyl halides is 3. The van der Waals surface area contributed by atoms with Crippen molar-refractivity contribution in [1.29, 1.82) is 0 Å². The molecule has 0 unspecified atom stereocenters. The van der Waals surface area contributed by atoms with Crippen molar-refractivity contribution in [3.8, 4) is 0 Å². The maximum absolute atomic E-state index is 14.6. The summed E-state index contributed by atoms with van der Waals surface area (Å²) < 4.78 is 52.0. The first kappa shape index (κ1) is 47.0. The Morgan fingerprint density at radius 2 is 1.57 bits per heavy atom. The van der Waals surface area contributed by atoms with Crippen molar-refractivity contribution >= 4 is 35.0 Å². The standard InChI is InChI=1S/C51H61F3N10O5/c1-33(47-57-55-32-58(47)2)36-4-3-5-39(26-36)63-31-43-42(50(63)68)24-35(25-44(43)51(52,53)54)29-60-16-12-40(13-17-60)69-23-22-59-14-10-34(11-15-59)28-61-18-20-62(21-19-61)38-6-7-41-37(27-38)30-64(49(41)67)45-8-9-46(65)56-48(45)66/h3-7,24-27,32-34,40,45H,8-23,28-31H2,1-2H3,(H,56,65,66)/t33-,45-/m1/s1. The van der Waals surface area contributed by atoms with Gasteiger partial charge in [-0.2, -0.15) is 13.2 Å². The number of rotatable bonds is 13. The lowest BCUT2D eigenvalue weighted by molar-refractivity contribution is -0.138. The van der Waals surface area contributed by atoms with Gasteiger partial charge >= 0.3 is 6.18 Å². The van der Waals surface area contributed by atoms with Gasteiger partial charge in [0, 0.05) is 107 Å². The van der Waals surface area contributed by atoms with E-state index in [1.54, 1.807) is 23.4 Å². The van der Waals surface area contributed by atoms with E-state index in [-0.39, 0.29) is 47.9 Å². The predicted molar refractivity (Wildman–Crippen MR) is 251 cm³/mol. The van der Waals surface area contributed by atoms with Crippen LogP contribution in [0, 0.1) is 5.92 Å². The highest BCUT2D eigenvalue weighted by Gasteiger charge is 2.42. The molecule has 15 nitrogen and oxygen atoms in total. The van der Waals surface area contributed by atoms with Crippen LogP contribution in [0.3, 0.4) is 0 Å². The number of aryl methyl sites for hydroxylation is 1. The molecule has 10 rings (SSSR count). The van der Waals surface area contributed by atoms with Crippen LogP contribution in [0.25, 0.3) is 0 Å². The van der Waals surface area contributed by atoms with Gasteiger partial charge in [0.2, 0.25) is 11.8 Å². The van der Waals surface area contributed by atoms with Crippen LogP contribution in [-0.4, -0.2) is 142 Å². The van der Waals surface area contributed by atoms with Crippen LogP contribution in [0.5, 0.6) is 0 Å². The highest BCUT2D eigenvalue weighted by Crippen LogP contribution is 2.41. The lowest BCUT2D eigenvalue weighted by Crippen LogP contribution is -2.52. The summed E-state index contributed by atoms with van der Waals surface area (Å²) in [6.07, 6.45) is 1.64. The van der Waals surface area contributed by atoms with Crippen LogP contribution in [0.4, 0.5) is 24.5 Å². The fourth-order valence-corrected chi connectivity index (χ4v) is 11.4.